The molecule has 17 heavy (non-hydrogen) atoms. The fraction of sp³-hybridized carbons (Fsp3) is 0.917. The molecule has 1 aliphatic rings. The van der Waals surface area contributed by atoms with Crippen LogP contribution in [0.2, 0.25) is 0 Å². The molecule has 0 aromatic heterocycles. The zero-order valence-electron chi connectivity index (χ0n) is 10.9. The highest BCUT2D eigenvalue weighted by atomic mass is 16.3. The van der Waals surface area contributed by atoms with Crippen molar-refractivity contribution in [3.05, 3.63) is 0 Å². The molecule has 1 saturated heterocycles. The molecule has 1 aliphatic heterocycles. The Morgan fingerprint density at radius 2 is 2.12 bits per heavy atom. The molecule has 1 atom stereocenters. The first-order valence-electron chi connectivity index (χ1n) is 6.45. The van der Waals surface area contributed by atoms with Gasteiger partial charge in [-0.1, -0.05) is 0 Å². The van der Waals surface area contributed by atoms with Crippen molar-refractivity contribution in [2.45, 2.75) is 32.2 Å². The van der Waals surface area contributed by atoms with Gasteiger partial charge in [0, 0.05) is 6.54 Å². The van der Waals surface area contributed by atoms with Gasteiger partial charge in [0.1, 0.15) is 0 Å². The smallest absolute Gasteiger partial charge is 0.315 e. The summed E-state index contributed by atoms with van der Waals surface area (Å²) in [5, 5.41) is 14.3. The van der Waals surface area contributed by atoms with Crippen LogP contribution in [0.25, 0.3) is 0 Å². The van der Waals surface area contributed by atoms with Crippen molar-refractivity contribution in [2.24, 2.45) is 5.92 Å². The summed E-state index contributed by atoms with van der Waals surface area (Å²) in [5.74, 6) is 0.738. The van der Waals surface area contributed by atoms with Crippen LogP contribution in [0.4, 0.5) is 4.79 Å². The number of nitrogens with zero attached hydrogens (tertiary/aromatic N) is 1. The Kier molecular flexibility index (Phi) is 6.29. The maximum absolute atomic E-state index is 11.4. The summed E-state index contributed by atoms with van der Waals surface area (Å²) in [4.78, 5) is 13.7. The lowest BCUT2D eigenvalue weighted by Crippen LogP contribution is -2.43. The Morgan fingerprint density at radius 3 is 2.71 bits per heavy atom. The van der Waals surface area contributed by atoms with Crippen molar-refractivity contribution in [1.82, 2.24) is 15.5 Å². The van der Waals surface area contributed by atoms with Gasteiger partial charge in [-0.05, 0) is 52.2 Å². The number of aliphatic hydroxyl groups is 1. The second-order valence-electron chi connectivity index (χ2n) is 5.02. The van der Waals surface area contributed by atoms with E-state index in [9.17, 15) is 4.79 Å². The van der Waals surface area contributed by atoms with Crippen LogP contribution in [-0.2, 0) is 0 Å². The molecular formula is C12H25N3O2. The van der Waals surface area contributed by atoms with Crippen molar-refractivity contribution >= 4 is 6.03 Å². The van der Waals surface area contributed by atoms with E-state index in [0.717, 1.165) is 18.9 Å². The first kappa shape index (κ1) is 14.3. The third kappa shape index (κ3) is 5.89. The van der Waals surface area contributed by atoms with E-state index in [4.69, 9.17) is 5.11 Å². The van der Waals surface area contributed by atoms with Crippen molar-refractivity contribution in [3.8, 4) is 0 Å². The molecule has 2 amide bonds. The van der Waals surface area contributed by atoms with Gasteiger partial charge in [-0.3, -0.25) is 0 Å². The van der Waals surface area contributed by atoms with E-state index >= 15 is 0 Å². The minimum Gasteiger partial charge on any atom is -0.394 e. The molecule has 0 radical (unpaired) electrons. The molecule has 5 nitrogen and oxygen atoms in total. The zero-order chi connectivity index (χ0) is 12.7. The van der Waals surface area contributed by atoms with E-state index in [-0.39, 0.29) is 18.7 Å². The minimum atomic E-state index is -0.182. The van der Waals surface area contributed by atoms with Crippen LogP contribution in [0.5, 0.6) is 0 Å². The number of amides is 2. The van der Waals surface area contributed by atoms with Gasteiger partial charge in [-0.25, -0.2) is 4.79 Å². The molecule has 1 unspecified atom stereocenters. The van der Waals surface area contributed by atoms with Crippen LogP contribution in [0.15, 0.2) is 0 Å². The number of hydrogen-bond donors (Lipinski definition) is 3. The molecule has 1 rings (SSSR count). The lowest BCUT2D eigenvalue weighted by Gasteiger charge is -2.28. The van der Waals surface area contributed by atoms with Crippen LogP contribution < -0.4 is 10.6 Å². The van der Waals surface area contributed by atoms with Crippen molar-refractivity contribution < 1.29 is 9.90 Å². The van der Waals surface area contributed by atoms with Crippen LogP contribution in [0.3, 0.4) is 0 Å². The van der Waals surface area contributed by atoms with Crippen LogP contribution >= 0.6 is 0 Å². The highest BCUT2D eigenvalue weighted by Crippen LogP contribution is 2.18. The molecule has 100 valence electrons. The summed E-state index contributed by atoms with van der Waals surface area (Å²) in [6.07, 6.45) is 3.51. The topological polar surface area (TPSA) is 64.6 Å². The predicted molar refractivity (Wildman–Crippen MR) is 67.9 cm³/mol. The number of piperidine rings is 1. The average molecular weight is 243 g/mol. The summed E-state index contributed by atoms with van der Waals surface area (Å²) in [6, 6.07) is -0.363. The molecule has 0 spiro atoms. The lowest BCUT2D eigenvalue weighted by atomic mass is 9.94. The normalized spacial score (nSPS) is 19.9. The largest absolute Gasteiger partial charge is 0.394 e. The van der Waals surface area contributed by atoms with Crippen molar-refractivity contribution in [3.63, 3.8) is 0 Å². The molecule has 1 heterocycles. The SMILES string of the molecule is CC(CO)NC(=O)NCCC1CCN(C)CC1. The van der Waals surface area contributed by atoms with Gasteiger partial charge in [-0.15, -0.1) is 0 Å². The standard InChI is InChI=1S/C12H25N3O2/c1-10(9-16)14-12(17)13-6-3-11-4-7-15(2)8-5-11/h10-11,16H,3-9H2,1-2H3,(H2,13,14,17). The van der Waals surface area contributed by atoms with Gasteiger partial charge in [0.25, 0.3) is 0 Å². The molecule has 1 fully saturated rings. The van der Waals surface area contributed by atoms with Crippen LogP contribution in [0, 0.1) is 5.92 Å². The molecule has 0 aromatic carbocycles. The third-order valence-corrected chi connectivity index (χ3v) is 3.33. The average Bonchev–Trinajstić information content (AvgIpc) is 2.31. The molecule has 0 aliphatic carbocycles. The summed E-state index contributed by atoms with van der Waals surface area (Å²) < 4.78 is 0. The highest BCUT2D eigenvalue weighted by Gasteiger charge is 2.16. The number of rotatable bonds is 5. The zero-order valence-corrected chi connectivity index (χ0v) is 10.9. The molecule has 0 bridgehead atoms. The number of hydrogen-bond acceptors (Lipinski definition) is 3. The van der Waals surface area contributed by atoms with Gasteiger partial charge in [0.05, 0.1) is 12.6 Å². The van der Waals surface area contributed by atoms with Gasteiger partial charge >= 0.3 is 6.03 Å². The first-order chi connectivity index (χ1) is 8.11. The Labute approximate surface area is 104 Å². The maximum Gasteiger partial charge on any atom is 0.315 e. The highest BCUT2D eigenvalue weighted by molar-refractivity contribution is 5.74. The predicted octanol–water partition coefficient (Wildman–Crippen LogP) is 0.398. The Hall–Kier alpha value is -0.810. The van der Waals surface area contributed by atoms with E-state index in [1.807, 2.05) is 0 Å². The third-order valence-electron chi connectivity index (χ3n) is 3.33. The second kappa shape index (κ2) is 7.50. The van der Waals surface area contributed by atoms with Crippen LogP contribution in [-0.4, -0.2) is 55.4 Å². The molecule has 0 aromatic rings. The van der Waals surface area contributed by atoms with E-state index in [1.165, 1.54) is 25.9 Å². The summed E-state index contributed by atoms with van der Waals surface area (Å²) in [6.45, 7) is 4.80. The molecule has 3 N–H and O–H groups in total. The maximum atomic E-state index is 11.4. The number of aliphatic hydroxyl groups excluding tert-OH is 1. The summed E-state index contributed by atoms with van der Waals surface area (Å²) in [7, 11) is 2.15. The minimum absolute atomic E-state index is 0.0254. The molecular weight excluding hydrogens is 218 g/mol. The first-order valence-corrected chi connectivity index (χ1v) is 6.45. The van der Waals surface area contributed by atoms with E-state index in [2.05, 4.69) is 22.6 Å². The molecule has 0 saturated carbocycles. The number of urea groups is 1. The quantitative estimate of drug-likeness (QED) is 0.655. The van der Waals surface area contributed by atoms with Gasteiger partial charge < -0.3 is 20.6 Å². The van der Waals surface area contributed by atoms with E-state index in [0.29, 0.717) is 0 Å². The second-order valence-corrected chi connectivity index (χ2v) is 5.02. The van der Waals surface area contributed by atoms with E-state index in [1.54, 1.807) is 6.92 Å². The number of carbonyl (C=O) groups is 1. The van der Waals surface area contributed by atoms with Crippen LogP contribution in [0.1, 0.15) is 26.2 Å². The van der Waals surface area contributed by atoms with Gasteiger partial charge in [-0.2, -0.15) is 0 Å². The van der Waals surface area contributed by atoms with Crippen molar-refractivity contribution in [1.29, 1.82) is 0 Å². The fourth-order valence-electron chi connectivity index (χ4n) is 2.06. The van der Waals surface area contributed by atoms with Gasteiger partial charge in [0.15, 0.2) is 0 Å². The van der Waals surface area contributed by atoms with E-state index < -0.39 is 0 Å². The number of carbonyl (C=O) groups excluding carboxylic acids is 1. The number of nitrogens with one attached hydrogen (secondary N) is 2. The fourth-order valence-corrected chi connectivity index (χ4v) is 2.06. The monoisotopic (exact) mass is 243 g/mol. The summed E-state index contributed by atoms with van der Waals surface area (Å²) >= 11 is 0. The Balaban J connectivity index is 2.05. The Bertz CT molecular complexity index is 228. The summed E-state index contributed by atoms with van der Waals surface area (Å²) in [5.41, 5.74) is 0. The molecule has 5 heteroatoms. The number of likely N-dealkylation sites (tertiary alicyclic amines) is 1. The Morgan fingerprint density at radius 1 is 1.47 bits per heavy atom. The van der Waals surface area contributed by atoms with Crippen molar-refractivity contribution in [2.75, 3.05) is 33.3 Å². The lowest BCUT2D eigenvalue weighted by molar-refractivity contribution is 0.206. The van der Waals surface area contributed by atoms with Gasteiger partial charge in [0.2, 0.25) is 0 Å².